The number of rotatable bonds is 2. The second kappa shape index (κ2) is 3.70. The molecule has 5 heteroatoms. The standard InChI is InChI=1S/C10H8N2O2S/c11-10-12-8(5-15-10)6-3-1-2-4-7(6)9(13)14/h1-5H,(H2,11,12)(H,13,14)/p-1. The fraction of sp³-hybridized carbons (Fsp3) is 0. The molecule has 0 atom stereocenters. The Morgan fingerprint density at radius 1 is 1.40 bits per heavy atom. The van der Waals surface area contributed by atoms with Crippen LogP contribution in [0.2, 0.25) is 0 Å². The zero-order chi connectivity index (χ0) is 10.8. The van der Waals surface area contributed by atoms with Gasteiger partial charge in [-0.3, -0.25) is 0 Å². The van der Waals surface area contributed by atoms with Crippen LogP contribution in [0.15, 0.2) is 29.6 Å². The number of carboxylic acids is 1. The van der Waals surface area contributed by atoms with Crippen molar-refractivity contribution in [1.29, 1.82) is 0 Å². The van der Waals surface area contributed by atoms with E-state index in [1.54, 1.807) is 23.6 Å². The summed E-state index contributed by atoms with van der Waals surface area (Å²) >= 11 is 1.27. The van der Waals surface area contributed by atoms with Gasteiger partial charge in [-0.05, 0) is 0 Å². The molecule has 1 aromatic heterocycles. The highest BCUT2D eigenvalue weighted by molar-refractivity contribution is 7.13. The first-order valence-corrected chi connectivity index (χ1v) is 5.08. The molecule has 76 valence electrons. The maximum Gasteiger partial charge on any atom is 0.180 e. The van der Waals surface area contributed by atoms with Crippen LogP contribution in [0, 0.1) is 0 Å². The van der Waals surface area contributed by atoms with Crippen molar-refractivity contribution >= 4 is 22.4 Å². The van der Waals surface area contributed by atoms with Crippen LogP contribution in [-0.2, 0) is 0 Å². The summed E-state index contributed by atoms with van der Waals surface area (Å²) in [5, 5.41) is 13.0. The Hall–Kier alpha value is -1.88. The number of nitrogen functional groups attached to an aromatic ring is 1. The van der Waals surface area contributed by atoms with Crippen molar-refractivity contribution in [3.8, 4) is 11.3 Å². The van der Waals surface area contributed by atoms with E-state index in [2.05, 4.69) is 4.98 Å². The molecular formula is C10H7N2O2S-. The van der Waals surface area contributed by atoms with Crippen molar-refractivity contribution in [2.24, 2.45) is 0 Å². The van der Waals surface area contributed by atoms with Gasteiger partial charge < -0.3 is 15.6 Å². The summed E-state index contributed by atoms with van der Waals surface area (Å²) in [6, 6.07) is 6.56. The molecule has 0 saturated carbocycles. The Morgan fingerprint density at radius 3 is 2.73 bits per heavy atom. The minimum Gasteiger partial charge on any atom is -0.545 e. The van der Waals surface area contributed by atoms with Gasteiger partial charge in [-0.2, -0.15) is 0 Å². The number of carboxylic acid groups (broad SMARTS) is 1. The number of nitrogens with two attached hydrogens (primary N) is 1. The summed E-state index contributed by atoms with van der Waals surface area (Å²) in [7, 11) is 0. The molecule has 0 aliphatic carbocycles. The molecule has 0 saturated heterocycles. The van der Waals surface area contributed by atoms with Crippen LogP contribution >= 0.6 is 11.3 Å². The van der Waals surface area contributed by atoms with Crippen LogP contribution in [0.1, 0.15) is 10.4 Å². The molecule has 0 aliphatic rings. The Morgan fingerprint density at radius 2 is 2.13 bits per heavy atom. The maximum atomic E-state index is 10.8. The highest BCUT2D eigenvalue weighted by Gasteiger charge is 2.07. The molecule has 15 heavy (non-hydrogen) atoms. The molecule has 2 rings (SSSR count). The summed E-state index contributed by atoms with van der Waals surface area (Å²) < 4.78 is 0. The molecule has 2 aromatic rings. The molecule has 0 bridgehead atoms. The third-order valence-electron chi connectivity index (χ3n) is 1.94. The number of nitrogens with zero attached hydrogens (tertiary/aromatic N) is 1. The van der Waals surface area contributed by atoms with Crippen molar-refractivity contribution in [3.63, 3.8) is 0 Å². The lowest BCUT2D eigenvalue weighted by atomic mass is 10.1. The first-order chi connectivity index (χ1) is 7.18. The third kappa shape index (κ3) is 1.82. The van der Waals surface area contributed by atoms with Crippen molar-refractivity contribution in [2.45, 2.75) is 0 Å². The second-order valence-electron chi connectivity index (χ2n) is 2.90. The van der Waals surface area contributed by atoms with Gasteiger partial charge in [0.2, 0.25) is 0 Å². The van der Waals surface area contributed by atoms with Crippen LogP contribution in [-0.4, -0.2) is 11.0 Å². The third-order valence-corrected chi connectivity index (χ3v) is 2.62. The molecule has 0 radical (unpaired) electrons. The molecule has 1 heterocycles. The largest absolute Gasteiger partial charge is 0.545 e. The summed E-state index contributed by atoms with van der Waals surface area (Å²) in [6.45, 7) is 0. The molecule has 0 fully saturated rings. The lowest BCUT2D eigenvalue weighted by molar-refractivity contribution is -0.254. The molecular weight excluding hydrogens is 212 g/mol. The van der Waals surface area contributed by atoms with Crippen LogP contribution in [0.3, 0.4) is 0 Å². The smallest absolute Gasteiger partial charge is 0.180 e. The summed E-state index contributed by atoms with van der Waals surface area (Å²) in [5.74, 6) is -1.21. The van der Waals surface area contributed by atoms with E-state index in [0.29, 0.717) is 16.4 Å². The van der Waals surface area contributed by atoms with E-state index >= 15 is 0 Å². The highest BCUT2D eigenvalue weighted by Crippen LogP contribution is 2.25. The molecule has 4 nitrogen and oxygen atoms in total. The first kappa shape index (κ1) is 9.67. The first-order valence-electron chi connectivity index (χ1n) is 4.20. The predicted octanol–water partition coefficient (Wildman–Crippen LogP) is 0.756. The molecule has 1 aromatic carbocycles. The molecule has 0 spiro atoms. The Labute approximate surface area is 90.0 Å². The average molecular weight is 219 g/mol. The van der Waals surface area contributed by atoms with Crippen molar-refractivity contribution in [3.05, 3.63) is 35.2 Å². The van der Waals surface area contributed by atoms with E-state index in [1.807, 2.05) is 0 Å². The number of hydrogen-bond acceptors (Lipinski definition) is 5. The van der Waals surface area contributed by atoms with E-state index in [1.165, 1.54) is 17.4 Å². The number of carbonyl (C=O) groups is 1. The lowest BCUT2D eigenvalue weighted by Crippen LogP contribution is -2.22. The number of thiazole rings is 1. The van der Waals surface area contributed by atoms with Crippen LogP contribution < -0.4 is 10.8 Å². The van der Waals surface area contributed by atoms with Gasteiger partial charge in [-0.15, -0.1) is 11.3 Å². The Bertz CT molecular complexity index is 508. The number of carbonyl (C=O) groups excluding carboxylic acids is 1. The van der Waals surface area contributed by atoms with Crippen molar-refractivity contribution < 1.29 is 9.90 Å². The zero-order valence-corrected chi connectivity index (χ0v) is 8.45. The van der Waals surface area contributed by atoms with Gasteiger partial charge >= 0.3 is 0 Å². The van der Waals surface area contributed by atoms with Crippen LogP contribution in [0.4, 0.5) is 5.13 Å². The van der Waals surface area contributed by atoms with Gasteiger partial charge in [0.05, 0.1) is 11.7 Å². The van der Waals surface area contributed by atoms with Crippen molar-refractivity contribution in [1.82, 2.24) is 4.98 Å². The normalized spacial score (nSPS) is 10.1. The molecule has 0 aliphatic heterocycles. The lowest BCUT2D eigenvalue weighted by Gasteiger charge is -2.07. The minimum absolute atomic E-state index is 0.128. The highest BCUT2D eigenvalue weighted by atomic mass is 32.1. The number of aromatic carboxylic acids is 1. The minimum atomic E-state index is -1.21. The molecule has 0 unspecified atom stereocenters. The van der Waals surface area contributed by atoms with Gasteiger partial charge in [0.25, 0.3) is 0 Å². The van der Waals surface area contributed by atoms with Gasteiger partial charge in [0, 0.05) is 16.5 Å². The fourth-order valence-corrected chi connectivity index (χ4v) is 1.86. The summed E-state index contributed by atoms with van der Waals surface area (Å²) in [4.78, 5) is 14.9. The predicted molar refractivity (Wildman–Crippen MR) is 56.3 cm³/mol. The SMILES string of the molecule is Nc1nc(-c2ccccc2C(=O)[O-])cs1. The molecule has 2 N–H and O–H groups in total. The van der Waals surface area contributed by atoms with E-state index in [-0.39, 0.29) is 5.56 Å². The van der Waals surface area contributed by atoms with Crippen molar-refractivity contribution in [2.75, 3.05) is 5.73 Å². The van der Waals surface area contributed by atoms with E-state index < -0.39 is 5.97 Å². The Kier molecular flexibility index (Phi) is 2.39. The van der Waals surface area contributed by atoms with Gasteiger partial charge in [-0.25, -0.2) is 4.98 Å². The van der Waals surface area contributed by atoms with E-state index in [4.69, 9.17) is 5.73 Å². The van der Waals surface area contributed by atoms with Crippen LogP contribution in [0.5, 0.6) is 0 Å². The second-order valence-corrected chi connectivity index (χ2v) is 3.79. The molecule has 0 amide bonds. The average Bonchev–Trinajstić information content (AvgIpc) is 2.65. The number of aromatic nitrogens is 1. The van der Waals surface area contributed by atoms with Crippen LogP contribution in [0.25, 0.3) is 11.3 Å². The quantitative estimate of drug-likeness (QED) is 0.808. The zero-order valence-electron chi connectivity index (χ0n) is 7.64. The topological polar surface area (TPSA) is 79.0 Å². The maximum absolute atomic E-state index is 10.8. The Balaban J connectivity index is 2.57. The number of benzene rings is 1. The van der Waals surface area contributed by atoms with Gasteiger partial charge in [0.1, 0.15) is 0 Å². The monoisotopic (exact) mass is 219 g/mol. The van der Waals surface area contributed by atoms with E-state index in [9.17, 15) is 9.90 Å². The number of hydrogen-bond donors (Lipinski definition) is 1. The van der Waals surface area contributed by atoms with Gasteiger partial charge in [-0.1, -0.05) is 24.3 Å². The number of anilines is 1. The summed E-state index contributed by atoms with van der Waals surface area (Å²) in [5.41, 5.74) is 6.71. The van der Waals surface area contributed by atoms with Gasteiger partial charge in [0.15, 0.2) is 5.13 Å². The fourth-order valence-electron chi connectivity index (χ4n) is 1.30. The van der Waals surface area contributed by atoms with E-state index in [0.717, 1.165) is 0 Å². The summed E-state index contributed by atoms with van der Waals surface area (Å²) in [6.07, 6.45) is 0.